The molecule has 0 bridgehead atoms. The van der Waals surface area contributed by atoms with Gasteiger partial charge in [0, 0.05) is 26.2 Å². The van der Waals surface area contributed by atoms with Crippen molar-refractivity contribution in [3.8, 4) is 11.5 Å². The summed E-state index contributed by atoms with van der Waals surface area (Å²) in [6.45, 7) is 3.14. The molecule has 1 aromatic heterocycles. The molecule has 144 valence electrons. The number of fused-ring (bicyclic) bond motifs is 1. The molecule has 1 saturated heterocycles. The minimum atomic E-state index is 0.257. The molecule has 8 heteroatoms. The van der Waals surface area contributed by atoms with E-state index in [0.717, 1.165) is 56.3 Å². The largest absolute Gasteiger partial charge is 0.493 e. The molecule has 1 N–H and O–H groups in total. The molecule has 1 unspecified atom stereocenters. The van der Waals surface area contributed by atoms with Crippen LogP contribution >= 0.6 is 0 Å². The van der Waals surface area contributed by atoms with Gasteiger partial charge in [-0.3, -0.25) is 0 Å². The van der Waals surface area contributed by atoms with Gasteiger partial charge in [0.25, 0.3) is 0 Å². The zero-order chi connectivity index (χ0) is 18.6. The van der Waals surface area contributed by atoms with E-state index in [9.17, 15) is 0 Å². The summed E-state index contributed by atoms with van der Waals surface area (Å²) in [6.07, 6.45) is 5.03. The van der Waals surface area contributed by atoms with Crippen molar-refractivity contribution in [2.75, 3.05) is 44.1 Å². The first-order valence-corrected chi connectivity index (χ1v) is 9.30. The number of nitrogens with zero attached hydrogens (tertiary/aromatic N) is 4. The van der Waals surface area contributed by atoms with E-state index in [1.165, 1.54) is 11.1 Å². The molecule has 4 rings (SSSR count). The predicted molar refractivity (Wildman–Crippen MR) is 102 cm³/mol. The molecule has 27 heavy (non-hydrogen) atoms. The monoisotopic (exact) mass is 371 g/mol. The van der Waals surface area contributed by atoms with Gasteiger partial charge >= 0.3 is 0 Å². The van der Waals surface area contributed by atoms with Gasteiger partial charge in [0.2, 0.25) is 5.95 Å². The van der Waals surface area contributed by atoms with Gasteiger partial charge in [0.05, 0.1) is 26.5 Å². The van der Waals surface area contributed by atoms with Crippen molar-refractivity contribution in [2.24, 2.45) is 0 Å². The number of ether oxygens (including phenoxy) is 3. The number of methoxy groups -OCH3 is 2. The molecule has 0 amide bonds. The van der Waals surface area contributed by atoms with Crippen molar-refractivity contribution in [3.05, 3.63) is 29.5 Å². The lowest BCUT2D eigenvalue weighted by molar-refractivity contribution is 0.120. The lowest BCUT2D eigenvalue weighted by Crippen LogP contribution is -2.32. The molecule has 0 aliphatic carbocycles. The third-order valence-corrected chi connectivity index (χ3v) is 5.08. The van der Waals surface area contributed by atoms with Crippen molar-refractivity contribution in [1.29, 1.82) is 0 Å². The highest BCUT2D eigenvalue weighted by Crippen LogP contribution is 2.33. The van der Waals surface area contributed by atoms with Gasteiger partial charge in [0.15, 0.2) is 17.3 Å². The first kappa shape index (κ1) is 17.8. The average Bonchev–Trinajstić information content (AvgIpc) is 3.24. The second-order valence-electron chi connectivity index (χ2n) is 6.80. The normalized spacial score (nSPS) is 18.9. The Kier molecular flexibility index (Phi) is 5.24. The Bertz CT molecular complexity index is 795. The predicted octanol–water partition coefficient (Wildman–Crippen LogP) is 2.04. The summed E-state index contributed by atoms with van der Waals surface area (Å²) in [4.78, 5) is 6.77. The summed E-state index contributed by atoms with van der Waals surface area (Å²) in [6, 6.07) is 4.09. The van der Waals surface area contributed by atoms with Crippen LogP contribution in [0.15, 0.2) is 18.3 Å². The van der Waals surface area contributed by atoms with Crippen LogP contribution in [0.4, 0.5) is 11.8 Å². The SMILES string of the molecule is COc1cc2c(cc1OC)CN(c1nncc(NCC3CCCO3)n1)CC2. The number of hydrogen-bond acceptors (Lipinski definition) is 8. The standard InChI is InChI=1S/C19H25N5O3/c1-25-16-8-13-5-6-24(12-14(13)9-17(16)26-2)19-22-18(11-21-23-19)20-10-15-4-3-7-27-15/h8-9,11,15H,3-7,10,12H2,1-2H3,(H,20,22,23). The molecule has 1 fully saturated rings. The van der Waals surface area contributed by atoms with Gasteiger partial charge in [-0.25, -0.2) is 0 Å². The Morgan fingerprint density at radius 3 is 2.78 bits per heavy atom. The maximum Gasteiger partial charge on any atom is 0.247 e. The number of hydrogen-bond donors (Lipinski definition) is 1. The molecule has 2 aromatic rings. The quantitative estimate of drug-likeness (QED) is 0.826. The highest BCUT2D eigenvalue weighted by molar-refractivity contribution is 5.51. The summed E-state index contributed by atoms with van der Waals surface area (Å²) >= 11 is 0. The molecule has 0 saturated carbocycles. The Labute approximate surface area is 158 Å². The molecule has 8 nitrogen and oxygen atoms in total. The molecular formula is C19H25N5O3. The molecular weight excluding hydrogens is 346 g/mol. The molecule has 2 aliphatic rings. The van der Waals surface area contributed by atoms with Gasteiger partial charge in [-0.1, -0.05) is 0 Å². The van der Waals surface area contributed by atoms with Gasteiger partial charge in [-0.2, -0.15) is 10.1 Å². The lowest BCUT2D eigenvalue weighted by atomic mass is 9.99. The highest BCUT2D eigenvalue weighted by Gasteiger charge is 2.22. The Hall–Kier alpha value is -2.61. The maximum absolute atomic E-state index is 5.64. The number of rotatable bonds is 6. The van der Waals surface area contributed by atoms with Gasteiger partial charge in [-0.05, 0) is 42.5 Å². The van der Waals surface area contributed by atoms with Crippen LogP contribution in [-0.2, 0) is 17.7 Å². The summed E-state index contributed by atoms with van der Waals surface area (Å²) in [7, 11) is 3.31. The topological polar surface area (TPSA) is 81.6 Å². The fourth-order valence-electron chi connectivity index (χ4n) is 3.59. The van der Waals surface area contributed by atoms with Crippen LogP contribution < -0.4 is 19.7 Å². The van der Waals surface area contributed by atoms with Crippen molar-refractivity contribution >= 4 is 11.8 Å². The van der Waals surface area contributed by atoms with Crippen molar-refractivity contribution < 1.29 is 14.2 Å². The van der Waals surface area contributed by atoms with Gasteiger partial charge < -0.3 is 24.4 Å². The number of benzene rings is 1. The molecule has 0 radical (unpaired) electrons. The number of aromatic nitrogens is 3. The summed E-state index contributed by atoms with van der Waals surface area (Å²) in [5.74, 6) is 2.87. The smallest absolute Gasteiger partial charge is 0.247 e. The first-order chi connectivity index (χ1) is 13.3. The second-order valence-corrected chi connectivity index (χ2v) is 6.80. The zero-order valence-electron chi connectivity index (χ0n) is 15.8. The molecule has 0 spiro atoms. The minimum absolute atomic E-state index is 0.257. The summed E-state index contributed by atoms with van der Waals surface area (Å²) in [5, 5.41) is 11.7. The highest BCUT2D eigenvalue weighted by atomic mass is 16.5. The molecule has 1 atom stereocenters. The number of nitrogens with one attached hydrogen (secondary N) is 1. The van der Waals surface area contributed by atoms with Crippen molar-refractivity contribution in [1.82, 2.24) is 15.2 Å². The zero-order valence-corrected chi connectivity index (χ0v) is 15.8. The first-order valence-electron chi connectivity index (χ1n) is 9.30. The van der Waals surface area contributed by atoms with Crippen molar-refractivity contribution in [2.45, 2.75) is 31.9 Å². The third kappa shape index (κ3) is 3.90. The van der Waals surface area contributed by atoms with Crippen LogP contribution in [0.2, 0.25) is 0 Å². The van der Waals surface area contributed by atoms with Gasteiger partial charge in [-0.15, -0.1) is 5.10 Å². The van der Waals surface area contributed by atoms with E-state index in [0.29, 0.717) is 12.5 Å². The fourth-order valence-corrected chi connectivity index (χ4v) is 3.59. The summed E-state index contributed by atoms with van der Waals surface area (Å²) < 4.78 is 16.5. The van der Waals surface area contributed by atoms with Crippen LogP contribution in [0, 0.1) is 0 Å². The third-order valence-electron chi connectivity index (χ3n) is 5.08. The summed E-state index contributed by atoms with van der Waals surface area (Å²) in [5.41, 5.74) is 2.46. The van der Waals surface area contributed by atoms with E-state index in [1.54, 1.807) is 20.4 Å². The Balaban J connectivity index is 1.47. The van der Waals surface area contributed by atoms with Crippen LogP contribution in [0.1, 0.15) is 24.0 Å². The van der Waals surface area contributed by atoms with Crippen LogP contribution in [0.3, 0.4) is 0 Å². The van der Waals surface area contributed by atoms with E-state index in [1.807, 2.05) is 6.07 Å². The van der Waals surface area contributed by atoms with E-state index in [2.05, 4.69) is 31.5 Å². The van der Waals surface area contributed by atoms with Crippen LogP contribution in [0.5, 0.6) is 11.5 Å². The average molecular weight is 371 g/mol. The van der Waals surface area contributed by atoms with Crippen LogP contribution in [0.25, 0.3) is 0 Å². The van der Waals surface area contributed by atoms with Gasteiger partial charge in [0.1, 0.15) is 0 Å². The van der Waals surface area contributed by atoms with E-state index < -0.39 is 0 Å². The fraction of sp³-hybridized carbons (Fsp3) is 0.526. The van der Waals surface area contributed by atoms with Crippen molar-refractivity contribution in [3.63, 3.8) is 0 Å². The molecule has 2 aliphatic heterocycles. The molecule has 1 aromatic carbocycles. The minimum Gasteiger partial charge on any atom is -0.493 e. The van der Waals surface area contributed by atoms with Crippen LogP contribution in [-0.4, -0.2) is 55.2 Å². The van der Waals surface area contributed by atoms with E-state index in [-0.39, 0.29) is 6.10 Å². The van der Waals surface area contributed by atoms with E-state index >= 15 is 0 Å². The Morgan fingerprint density at radius 1 is 1.22 bits per heavy atom. The Morgan fingerprint density at radius 2 is 2.04 bits per heavy atom. The second kappa shape index (κ2) is 7.96. The number of anilines is 2. The lowest BCUT2D eigenvalue weighted by Gasteiger charge is -2.29. The maximum atomic E-state index is 5.64. The molecule has 3 heterocycles. The van der Waals surface area contributed by atoms with E-state index in [4.69, 9.17) is 14.2 Å².